The third kappa shape index (κ3) is 9.98. The number of hydrogen-bond acceptors (Lipinski definition) is 3. The molecule has 0 heterocycles. The molecule has 0 aliphatic carbocycles. The highest BCUT2D eigenvalue weighted by Crippen LogP contribution is 2.09. The van der Waals surface area contributed by atoms with Gasteiger partial charge in [-0.25, -0.2) is 4.79 Å². The number of aliphatic imine (C=N–C) groups is 1. The largest absolute Gasteiger partial charge is 0.444 e. The van der Waals surface area contributed by atoms with Crippen molar-refractivity contribution in [1.29, 1.82) is 0 Å². The maximum Gasteiger partial charge on any atom is 0.410 e. The standard InChI is InChI=1S/C15H32N4O2/c1-8-10-19(14(20)21-15(4,5)6)11-9-17-13(16-7)18-12(2)3/h12H,8-11H2,1-7H3,(H2,16,17,18). The van der Waals surface area contributed by atoms with Gasteiger partial charge >= 0.3 is 6.09 Å². The second-order valence-corrected chi connectivity index (χ2v) is 6.27. The van der Waals surface area contributed by atoms with Crippen LogP contribution in [0.1, 0.15) is 48.0 Å². The number of carbonyl (C=O) groups excluding carboxylic acids is 1. The average molecular weight is 300 g/mol. The number of nitrogens with zero attached hydrogens (tertiary/aromatic N) is 2. The summed E-state index contributed by atoms with van der Waals surface area (Å²) in [5.41, 5.74) is -0.467. The molecule has 1 amide bonds. The lowest BCUT2D eigenvalue weighted by atomic mass is 10.2. The fraction of sp³-hybridized carbons (Fsp3) is 0.867. The molecule has 0 bridgehead atoms. The molecule has 0 aromatic rings. The molecule has 0 radical (unpaired) electrons. The number of nitrogens with one attached hydrogen (secondary N) is 2. The Morgan fingerprint density at radius 1 is 1.29 bits per heavy atom. The van der Waals surface area contributed by atoms with E-state index in [1.165, 1.54) is 0 Å². The zero-order valence-corrected chi connectivity index (χ0v) is 14.6. The highest BCUT2D eigenvalue weighted by molar-refractivity contribution is 5.79. The van der Waals surface area contributed by atoms with E-state index in [0.29, 0.717) is 25.7 Å². The van der Waals surface area contributed by atoms with Gasteiger partial charge in [0.05, 0.1) is 0 Å². The second-order valence-electron chi connectivity index (χ2n) is 6.27. The molecule has 0 atom stereocenters. The molecule has 0 saturated heterocycles. The summed E-state index contributed by atoms with van der Waals surface area (Å²) in [7, 11) is 1.73. The summed E-state index contributed by atoms with van der Waals surface area (Å²) < 4.78 is 5.41. The molecule has 0 rings (SSSR count). The molecule has 0 aromatic heterocycles. The van der Waals surface area contributed by atoms with Crippen LogP contribution in [0.3, 0.4) is 0 Å². The molecule has 2 N–H and O–H groups in total. The summed E-state index contributed by atoms with van der Waals surface area (Å²) in [6.45, 7) is 13.7. The van der Waals surface area contributed by atoms with Gasteiger partial charge in [-0.15, -0.1) is 0 Å². The zero-order chi connectivity index (χ0) is 16.5. The first-order valence-corrected chi connectivity index (χ1v) is 7.64. The number of hydrogen-bond donors (Lipinski definition) is 2. The first kappa shape index (κ1) is 19.5. The van der Waals surface area contributed by atoms with Crippen LogP contribution in [0, 0.1) is 0 Å². The molecule has 0 aliphatic heterocycles. The third-order valence-corrected chi connectivity index (χ3v) is 2.47. The Bertz CT molecular complexity index is 335. The normalized spacial score (nSPS) is 12.3. The molecule has 0 spiro atoms. The van der Waals surface area contributed by atoms with Gasteiger partial charge in [0, 0.05) is 32.7 Å². The van der Waals surface area contributed by atoms with Gasteiger partial charge in [-0.3, -0.25) is 4.99 Å². The Labute approximate surface area is 129 Å². The zero-order valence-electron chi connectivity index (χ0n) is 14.6. The van der Waals surface area contributed by atoms with Crippen LogP contribution in [0.2, 0.25) is 0 Å². The van der Waals surface area contributed by atoms with Gasteiger partial charge in [-0.2, -0.15) is 0 Å². The molecule has 0 aliphatic rings. The summed E-state index contributed by atoms with van der Waals surface area (Å²) in [6, 6.07) is 0.314. The van der Waals surface area contributed by atoms with Crippen molar-refractivity contribution in [2.75, 3.05) is 26.7 Å². The van der Waals surface area contributed by atoms with Gasteiger partial charge in [0.25, 0.3) is 0 Å². The first-order valence-electron chi connectivity index (χ1n) is 7.64. The van der Waals surface area contributed by atoms with E-state index in [4.69, 9.17) is 4.74 Å². The fourth-order valence-corrected chi connectivity index (χ4v) is 1.67. The van der Waals surface area contributed by atoms with E-state index in [0.717, 1.165) is 12.4 Å². The van der Waals surface area contributed by atoms with E-state index in [-0.39, 0.29) is 6.09 Å². The van der Waals surface area contributed by atoms with Crippen LogP contribution in [0.25, 0.3) is 0 Å². The summed E-state index contributed by atoms with van der Waals surface area (Å²) in [6.07, 6.45) is 0.635. The molecular weight excluding hydrogens is 268 g/mol. The predicted octanol–water partition coefficient (Wildman–Crippen LogP) is 2.21. The van der Waals surface area contributed by atoms with E-state index >= 15 is 0 Å². The number of amides is 1. The Morgan fingerprint density at radius 2 is 1.90 bits per heavy atom. The van der Waals surface area contributed by atoms with Crippen molar-refractivity contribution in [3.05, 3.63) is 0 Å². The lowest BCUT2D eigenvalue weighted by molar-refractivity contribution is 0.0253. The number of rotatable bonds is 6. The molecule has 6 heteroatoms. The van der Waals surface area contributed by atoms with Crippen molar-refractivity contribution < 1.29 is 9.53 Å². The van der Waals surface area contributed by atoms with Crippen molar-refractivity contribution in [1.82, 2.24) is 15.5 Å². The van der Waals surface area contributed by atoms with E-state index in [2.05, 4.69) is 29.5 Å². The molecule has 0 aromatic carbocycles. The summed E-state index contributed by atoms with van der Waals surface area (Å²) in [4.78, 5) is 18.0. The highest BCUT2D eigenvalue weighted by Gasteiger charge is 2.21. The van der Waals surface area contributed by atoms with Crippen molar-refractivity contribution in [2.24, 2.45) is 4.99 Å². The van der Waals surface area contributed by atoms with Crippen molar-refractivity contribution in [2.45, 2.75) is 59.6 Å². The summed E-state index contributed by atoms with van der Waals surface area (Å²) in [5.74, 6) is 0.741. The topological polar surface area (TPSA) is 66.0 Å². The van der Waals surface area contributed by atoms with E-state index in [9.17, 15) is 4.79 Å². The average Bonchev–Trinajstić information content (AvgIpc) is 2.33. The lowest BCUT2D eigenvalue weighted by Gasteiger charge is -2.27. The molecule has 6 nitrogen and oxygen atoms in total. The van der Waals surface area contributed by atoms with E-state index in [1.807, 2.05) is 27.7 Å². The lowest BCUT2D eigenvalue weighted by Crippen LogP contribution is -2.46. The van der Waals surface area contributed by atoms with Gasteiger partial charge in [-0.1, -0.05) is 6.92 Å². The minimum Gasteiger partial charge on any atom is -0.444 e. The maximum absolute atomic E-state index is 12.1. The quantitative estimate of drug-likeness (QED) is 0.583. The van der Waals surface area contributed by atoms with Crippen molar-refractivity contribution in [3.63, 3.8) is 0 Å². The van der Waals surface area contributed by atoms with E-state index < -0.39 is 5.60 Å². The SMILES string of the molecule is CCCN(CCNC(=NC)NC(C)C)C(=O)OC(C)(C)C. The van der Waals surface area contributed by atoms with Crippen LogP contribution in [-0.2, 0) is 4.74 Å². The van der Waals surface area contributed by atoms with Crippen LogP contribution in [0.5, 0.6) is 0 Å². The van der Waals surface area contributed by atoms with Crippen molar-refractivity contribution >= 4 is 12.1 Å². The Morgan fingerprint density at radius 3 is 2.33 bits per heavy atom. The Hall–Kier alpha value is -1.46. The fourth-order valence-electron chi connectivity index (χ4n) is 1.67. The minimum absolute atomic E-state index is 0.266. The first-order chi connectivity index (χ1) is 9.69. The van der Waals surface area contributed by atoms with Gasteiger partial charge in [0.1, 0.15) is 5.60 Å². The van der Waals surface area contributed by atoms with Crippen LogP contribution in [-0.4, -0.2) is 55.3 Å². The number of ether oxygens (including phenoxy) is 1. The van der Waals surface area contributed by atoms with Crippen molar-refractivity contribution in [3.8, 4) is 0 Å². The molecule has 0 unspecified atom stereocenters. The third-order valence-electron chi connectivity index (χ3n) is 2.47. The van der Waals surface area contributed by atoms with E-state index in [1.54, 1.807) is 11.9 Å². The van der Waals surface area contributed by atoms with Gasteiger partial charge in [-0.05, 0) is 41.0 Å². The molecule has 21 heavy (non-hydrogen) atoms. The molecule has 124 valence electrons. The minimum atomic E-state index is -0.467. The van der Waals surface area contributed by atoms with Gasteiger partial charge < -0.3 is 20.3 Å². The molecule has 0 saturated carbocycles. The predicted molar refractivity (Wildman–Crippen MR) is 87.7 cm³/mol. The maximum atomic E-state index is 12.1. The monoisotopic (exact) mass is 300 g/mol. The summed E-state index contributed by atoms with van der Waals surface area (Å²) in [5, 5.41) is 6.40. The van der Waals surface area contributed by atoms with Crippen LogP contribution >= 0.6 is 0 Å². The number of carbonyl (C=O) groups is 1. The smallest absolute Gasteiger partial charge is 0.410 e. The molecule has 0 fully saturated rings. The second kappa shape index (κ2) is 9.47. The van der Waals surface area contributed by atoms with Crippen LogP contribution in [0.4, 0.5) is 4.79 Å². The van der Waals surface area contributed by atoms with Crippen LogP contribution < -0.4 is 10.6 Å². The molecular formula is C15H32N4O2. The highest BCUT2D eigenvalue weighted by atomic mass is 16.6. The Balaban J connectivity index is 4.36. The Kier molecular flexibility index (Phi) is 8.81. The van der Waals surface area contributed by atoms with Crippen LogP contribution in [0.15, 0.2) is 4.99 Å². The van der Waals surface area contributed by atoms with Gasteiger partial charge in [0.15, 0.2) is 5.96 Å². The summed E-state index contributed by atoms with van der Waals surface area (Å²) >= 11 is 0. The number of guanidine groups is 1. The van der Waals surface area contributed by atoms with Gasteiger partial charge in [0.2, 0.25) is 0 Å².